The van der Waals surface area contributed by atoms with E-state index in [1.165, 1.54) is 11.9 Å². The van der Waals surface area contributed by atoms with Crippen LogP contribution in [0.4, 0.5) is 16.3 Å². The van der Waals surface area contributed by atoms with Crippen molar-refractivity contribution < 1.29 is 18.9 Å². The molecule has 9 heteroatoms. The van der Waals surface area contributed by atoms with Crippen molar-refractivity contribution in [2.75, 3.05) is 17.3 Å². The highest BCUT2D eigenvalue weighted by atomic mass is 35.5. The summed E-state index contributed by atoms with van der Waals surface area (Å²) in [4.78, 5) is 31.3. The maximum absolute atomic E-state index is 12.3. The molecule has 3 amide bonds. The summed E-state index contributed by atoms with van der Waals surface area (Å²) >= 11 is 5.87. The molecule has 3 rings (SSSR count). The van der Waals surface area contributed by atoms with Gasteiger partial charge in [-0.05, 0) is 31.2 Å². The summed E-state index contributed by atoms with van der Waals surface area (Å²) in [5, 5.41) is 7.93. The summed E-state index contributed by atoms with van der Waals surface area (Å²) in [6, 6.07) is 7.94. The molecule has 2 heterocycles. The van der Waals surface area contributed by atoms with Crippen LogP contribution in [0.25, 0.3) is 0 Å². The average molecular weight is 351 g/mol. The number of hydroxylamine groups is 2. The second-order valence-corrected chi connectivity index (χ2v) is 5.70. The van der Waals surface area contributed by atoms with E-state index in [1.807, 2.05) is 0 Å². The topological polar surface area (TPSA) is 87.9 Å². The number of aromatic nitrogens is 1. The molecule has 8 nitrogen and oxygen atoms in total. The van der Waals surface area contributed by atoms with Crippen molar-refractivity contribution in [3.63, 3.8) is 0 Å². The molecule has 1 fully saturated rings. The average Bonchev–Trinajstić information content (AvgIpc) is 3.04. The summed E-state index contributed by atoms with van der Waals surface area (Å²) in [6.45, 7) is 1.72. The van der Waals surface area contributed by atoms with Gasteiger partial charge in [0.15, 0.2) is 12.0 Å². The van der Waals surface area contributed by atoms with Crippen LogP contribution in [0.1, 0.15) is 12.2 Å². The molecular weight excluding hydrogens is 336 g/mol. The summed E-state index contributed by atoms with van der Waals surface area (Å²) < 4.78 is 4.89. The quantitative estimate of drug-likeness (QED) is 0.916. The zero-order valence-corrected chi connectivity index (χ0v) is 13.8. The number of anilines is 2. The van der Waals surface area contributed by atoms with Crippen LogP contribution in [0.15, 0.2) is 34.9 Å². The fourth-order valence-corrected chi connectivity index (χ4v) is 2.46. The van der Waals surface area contributed by atoms with Gasteiger partial charge < -0.3 is 9.84 Å². The predicted molar refractivity (Wildman–Crippen MR) is 86.4 cm³/mol. The number of carbonyl (C=O) groups is 2. The number of benzene rings is 1. The number of amides is 3. The first-order valence-corrected chi connectivity index (χ1v) is 7.54. The molecule has 2 aromatic rings. The smallest absolute Gasteiger partial charge is 0.350 e. The standard InChI is InChI=1S/C15H15ClN4O4/c1-9-7-12(18-23-9)17-13(21)8-14-20(15(22)19(2)24-14)11-5-3-10(16)4-6-11/h3-7,14H,8H2,1-2H3,(H,17,18,21)/t14-/m1/s1. The van der Waals surface area contributed by atoms with Crippen LogP contribution in [-0.2, 0) is 9.63 Å². The fraction of sp³-hybridized carbons (Fsp3) is 0.267. The summed E-state index contributed by atoms with van der Waals surface area (Å²) in [7, 11) is 1.49. The highest BCUT2D eigenvalue weighted by Crippen LogP contribution is 2.28. The highest BCUT2D eigenvalue weighted by Gasteiger charge is 2.39. The Morgan fingerprint density at radius 2 is 2.08 bits per heavy atom. The third kappa shape index (κ3) is 3.34. The lowest BCUT2D eigenvalue weighted by Crippen LogP contribution is -2.36. The lowest BCUT2D eigenvalue weighted by molar-refractivity contribution is -0.129. The van der Waals surface area contributed by atoms with Crippen molar-refractivity contribution in [1.82, 2.24) is 10.2 Å². The Labute approximate surface area is 142 Å². The number of hydrogen-bond donors (Lipinski definition) is 1. The predicted octanol–water partition coefficient (Wildman–Crippen LogP) is 2.79. The number of urea groups is 1. The van der Waals surface area contributed by atoms with Gasteiger partial charge in [0.25, 0.3) is 0 Å². The Morgan fingerprint density at radius 3 is 2.71 bits per heavy atom. The van der Waals surface area contributed by atoms with E-state index >= 15 is 0 Å². The molecule has 0 saturated carbocycles. The Kier molecular flexibility index (Phi) is 4.41. The second-order valence-electron chi connectivity index (χ2n) is 5.26. The Morgan fingerprint density at radius 1 is 1.38 bits per heavy atom. The van der Waals surface area contributed by atoms with Gasteiger partial charge in [0.05, 0.1) is 6.42 Å². The van der Waals surface area contributed by atoms with E-state index < -0.39 is 6.23 Å². The molecular formula is C15H15ClN4O4. The lowest BCUT2D eigenvalue weighted by Gasteiger charge is -2.20. The van der Waals surface area contributed by atoms with E-state index in [0.29, 0.717) is 22.3 Å². The zero-order valence-electron chi connectivity index (χ0n) is 13.0. The number of rotatable bonds is 4. The number of halogens is 1. The summed E-state index contributed by atoms with van der Waals surface area (Å²) in [6.07, 6.45) is -0.832. The van der Waals surface area contributed by atoms with E-state index in [2.05, 4.69) is 10.5 Å². The van der Waals surface area contributed by atoms with Gasteiger partial charge in [-0.25, -0.2) is 14.7 Å². The molecule has 0 aliphatic carbocycles. The summed E-state index contributed by atoms with van der Waals surface area (Å²) in [5.74, 6) is 0.545. The van der Waals surface area contributed by atoms with Crippen molar-refractivity contribution in [3.8, 4) is 0 Å². The number of hydrogen-bond acceptors (Lipinski definition) is 5. The molecule has 0 spiro atoms. The van der Waals surface area contributed by atoms with Gasteiger partial charge in [-0.2, -0.15) is 0 Å². The highest BCUT2D eigenvalue weighted by molar-refractivity contribution is 6.30. The molecule has 0 unspecified atom stereocenters. The van der Waals surface area contributed by atoms with Gasteiger partial charge >= 0.3 is 6.03 Å². The minimum atomic E-state index is -0.767. The molecule has 1 aromatic heterocycles. The van der Waals surface area contributed by atoms with E-state index in [0.717, 1.165) is 5.06 Å². The van der Waals surface area contributed by atoms with Crippen molar-refractivity contribution in [2.24, 2.45) is 0 Å². The van der Waals surface area contributed by atoms with Crippen LogP contribution >= 0.6 is 11.6 Å². The molecule has 24 heavy (non-hydrogen) atoms. The molecule has 1 saturated heterocycles. The van der Waals surface area contributed by atoms with Crippen LogP contribution in [0, 0.1) is 6.92 Å². The fourth-order valence-electron chi connectivity index (χ4n) is 2.33. The van der Waals surface area contributed by atoms with Gasteiger partial charge in [0.1, 0.15) is 5.76 Å². The van der Waals surface area contributed by atoms with Gasteiger partial charge in [-0.15, -0.1) is 0 Å². The minimum Gasteiger partial charge on any atom is -0.360 e. The Bertz CT molecular complexity index is 761. The monoisotopic (exact) mass is 350 g/mol. The molecule has 1 N–H and O–H groups in total. The van der Waals surface area contributed by atoms with Crippen molar-refractivity contribution >= 4 is 35.0 Å². The van der Waals surface area contributed by atoms with Crippen LogP contribution in [-0.4, -0.2) is 35.4 Å². The van der Waals surface area contributed by atoms with Crippen molar-refractivity contribution in [3.05, 3.63) is 41.1 Å². The Hall–Kier alpha value is -2.58. The second kappa shape index (κ2) is 6.50. The van der Waals surface area contributed by atoms with E-state index in [9.17, 15) is 9.59 Å². The lowest BCUT2D eigenvalue weighted by atomic mass is 10.2. The van der Waals surface area contributed by atoms with Crippen molar-refractivity contribution in [2.45, 2.75) is 19.6 Å². The first-order valence-electron chi connectivity index (χ1n) is 7.16. The largest absolute Gasteiger partial charge is 0.360 e. The molecule has 0 radical (unpaired) electrons. The van der Waals surface area contributed by atoms with Crippen molar-refractivity contribution in [1.29, 1.82) is 0 Å². The first-order chi connectivity index (χ1) is 11.4. The molecule has 1 atom stereocenters. The SMILES string of the molecule is Cc1cc(NC(=O)C[C@H]2ON(C)C(=O)N2c2ccc(Cl)cc2)no1. The van der Waals surface area contributed by atoms with E-state index in [-0.39, 0.29) is 18.4 Å². The maximum atomic E-state index is 12.3. The first kappa shape index (κ1) is 16.3. The molecule has 1 aliphatic heterocycles. The summed E-state index contributed by atoms with van der Waals surface area (Å²) in [5.41, 5.74) is 0.587. The molecule has 126 valence electrons. The molecule has 1 aliphatic rings. The third-order valence-electron chi connectivity index (χ3n) is 3.40. The van der Waals surface area contributed by atoms with Gasteiger partial charge in [-0.1, -0.05) is 16.8 Å². The van der Waals surface area contributed by atoms with E-state index in [4.69, 9.17) is 21.0 Å². The number of nitrogens with zero attached hydrogens (tertiary/aromatic N) is 3. The van der Waals surface area contributed by atoms with Gasteiger partial charge in [0.2, 0.25) is 5.91 Å². The van der Waals surface area contributed by atoms with Crippen LogP contribution < -0.4 is 10.2 Å². The number of nitrogens with one attached hydrogen (secondary N) is 1. The Balaban J connectivity index is 1.73. The van der Waals surface area contributed by atoms with Gasteiger partial charge in [-0.3, -0.25) is 9.69 Å². The van der Waals surface area contributed by atoms with E-state index in [1.54, 1.807) is 37.3 Å². The normalized spacial score (nSPS) is 17.5. The minimum absolute atomic E-state index is 0.0649. The molecule has 1 aromatic carbocycles. The van der Waals surface area contributed by atoms with Crippen LogP contribution in [0.3, 0.4) is 0 Å². The maximum Gasteiger partial charge on any atom is 0.350 e. The van der Waals surface area contributed by atoms with Crippen LogP contribution in [0.5, 0.6) is 0 Å². The molecule has 0 bridgehead atoms. The number of aryl methyl sites for hydroxylation is 1. The van der Waals surface area contributed by atoms with Gasteiger partial charge in [0, 0.05) is 23.8 Å². The van der Waals surface area contributed by atoms with Crippen LogP contribution in [0.2, 0.25) is 5.02 Å². The number of carbonyl (C=O) groups excluding carboxylic acids is 2. The third-order valence-corrected chi connectivity index (χ3v) is 3.66. The zero-order chi connectivity index (χ0) is 17.3.